The predicted molar refractivity (Wildman–Crippen MR) is 71.2 cm³/mol. The molecule has 0 unspecified atom stereocenters. The van der Waals surface area contributed by atoms with Crippen molar-refractivity contribution in [1.29, 1.82) is 0 Å². The first-order valence-corrected chi connectivity index (χ1v) is 6.12. The van der Waals surface area contributed by atoms with Crippen molar-refractivity contribution < 1.29 is 0 Å². The Balaban J connectivity index is 2.26. The molecule has 0 fully saturated rings. The molecule has 0 aliphatic carbocycles. The van der Waals surface area contributed by atoms with E-state index in [-0.39, 0.29) is 5.15 Å². The highest BCUT2D eigenvalue weighted by Gasteiger charge is 2.12. The summed E-state index contributed by atoms with van der Waals surface area (Å²) in [7, 11) is 0. The van der Waals surface area contributed by atoms with Crippen LogP contribution in [-0.2, 0) is 0 Å². The minimum Gasteiger partial charge on any atom is -0.199 e. The summed E-state index contributed by atoms with van der Waals surface area (Å²) in [5, 5.41) is 5.43. The lowest BCUT2D eigenvalue weighted by atomic mass is 10.2. The molecule has 2 heterocycles. The second-order valence-electron chi connectivity index (χ2n) is 3.53. The average molecular weight is 300 g/mol. The molecule has 0 spiro atoms. The highest BCUT2D eigenvalue weighted by atomic mass is 35.5. The SMILES string of the molecule is Clc1cc(Cl)n2nc(-c3ccccc3Cl)nc2n1. The van der Waals surface area contributed by atoms with Crippen LogP contribution in [0.3, 0.4) is 0 Å². The van der Waals surface area contributed by atoms with Gasteiger partial charge in [-0.3, -0.25) is 0 Å². The molecule has 0 saturated heterocycles. The van der Waals surface area contributed by atoms with E-state index < -0.39 is 0 Å². The third kappa shape index (κ3) is 1.92. The van der Waals surface area contributed by atoms with Crippen molar-refractivity contribution in [2.75, 3.05) is 0 Å². The third-order valence-electron chi connectivity index (χ3n) is 2.35. The zero-order valence-corrected chi connectivity index (χ0v) is 11.1. The summed E-state index contributed by atoms with van der Waals surface area (Å²) < 4.78 is 1.41. The van der Waals surface area contributed by atoms with Gasteiger partial charge in [0.2, 0.25) is 0 Å². The van der Waals surface area contributed by atoms with E-state index in [1.54, 1.807) is 6.07 Å². The third-order valence-corrected chi connectivity index (χ3v) is 3.14. The van der Waals surface area contributed by atoms with Gasteiger partial charge in [0.1, 0.15) is 10.3 Å². The average Bonchev–Trinajstić information content (AvgIpc) is 2.73. The molecule has 0 N–H and O–H groups in total. The Hall–Kier alpha value is -1.36. The minimum atomic E-state index is 0.269. The lowest BCUT2D eigenvalue weighted by molar-refractivity contribution is 0.943. The van der Waals surface area contributed by atoms with Gasteiger partial charge in [0, 0.05) is 11.6 Å². The number of rotatable bonds is 1. The largest absolute Gasteiger partial charge is 0.255 e. The normalized spacial score (nSPS) is 11.1. The first-order chi connectivity index (χ1) is 8.65. The van der Waals surface area contributed by atoms with Gasteiger partial charge in [0.05, 0.1) is 5.02 Å². The molecule has 2 aromatic heterocycles. The standard InChI is InChI=1S/C11H5Cl3N4/c12-7-4-2-1-3-6(7)10-16-11-15-8(13)5-9(14)18(11)17-10/h1-5H. The second kappa shape index (κ2) is 4.39. The van der Waals surface area contributed by atoms with Crippen molar-refractivity contribution >= 4 is 40.6 Å². The van der Waals surface area contributed by atoms with Crippen molar-refractivity contribution in [3.05, 3.63) is 45.7 Å². The van der Waals surface area contributed by atoms with Crippen LogP contribution in [0.1, 0.15) is 0 Å². The molecular weight excluding hydrogens is 295 g/mol. The van der Waals surface area contributed by atoms with Crippen LogP contribution in [0.15, 0.2) is 30.3 Å². The van der Waals surface area contributed by atoms with Crippen LogP contribution < -0.4 is 0 Å². The van der Waals surface area contributed by atoms with E-state index in [4.69, 9.17) is 34.8 Å². The van der Waals surface area contributed by atoms with E-state index >= 15 is 0 Å². The number of halogens is 3. The van der Waals surface area contributed by atoms with Gasteiger partial charge in [-0.05, 0) is 12.1 Å². The first-order valence-electron chi connectivity index (χ1n) is 4.99. The summed E-state index contributed by atoms with van der Waals surface area (Å²) in [5.41, 5.74) is 0.719. The molecule has 0 aliphatic rings. The van der Waals surface area contributed by atoms with Gasteiger partial charge < -0.3 is 0 Å². The molecular formula is C11H5Cl3N4. The summed E-state index contributed by atoms with van der Waals surface area (Å²) in [6, 6.07) is 8.79. The van der Waals surface area contributed by atoms with Gasteiger partial charge in [-0.2, -0.15) is 14.5 Å². The smallest absolute Gasteiger partial charge is 0.199 e. The molecule has 3 rings (SSSR count). The maximum absolute atomic E-state index is 6.09. The number of fused-ring (bicyclic) bond motifs is 1. The van der Waals surface area contributed by atoms with Crippen LogP contribution in [0.4, 0.5) is 0 Å². The molecule has 0 atom stereocenters. The summed E-state index contributed by atoms with van der Waals surface area (Å²) in [6.45, 7) is 0. The van der Waals surface area contributed by atoms with Gasteiger partial charge >= 0.3 is 0 Å². The minimum absolute atomic E-state index is 0.269. The summed E-state index contributed by atoms with van der Waals surface area (Å²) in [5.74, 6) is 0.791. The van der Waals surface area contributed by atoms with Crippen LogP contribution in [0.5, 0.6) is 0 Å². The maximum Gasteiger partial charge on any atom is 0.255 e. The van der Waals surface area contributed by atoms with E-state index in [1.165, 1.54) is 10.6 Å². The zero-order valence-electron chi connectivity index (χ0n) is 8.81. The van der Waals surface area contributed by atoms with Crippen LogP contribution in [-0.4, -0.2) is 19.6 Å². The lowest BCUT2D eigenvalue weighted by Gasteiger charge is -1.96. The molecule has 3 aromatic rings. The van der Waals surface area contributed by atoms with Gasteiger partial charge in [0.15, 0.2) is 5.82 Å². The van der Waals surface area contributed by atoms with Crippen LogP contribution in [0, 0.1) is 0 Å². The number of nitrogens with zero attached hydrogens (tertiary/aromatic N) is 4. The summed E-state index contributed by atoms with van der Waals surface area (Å²) in [4.78, 5) is 8.29. The molecule has 7 heteroatoms. The number of hydrogen-bond acceptors (Lipinski definition) is 3. The molecule has 0 saturated carbocycles. The molecule has 0 amide bonds. The Morgan fingerprint density at radius 1 is 1.00 bits per heavy atom. The van der Waals surface area contributed by atoms with Crippen molar-refractivity contribution in [2.45, 2.75) is 0 Å². The van der Waals surface area contributed by atoms with Crippen molar-refractivity contribution in [3.63, 3.8) is 0 Å². The Kier molecular flexibility index (Phi) is 2.86. The van der Waals surface area contributed by atoms with Crippen molar-refractivity contribution in [3.8, 4) is 11.4 Å². The van der Waals surface area contributed by atoms with Crippen LogP contribution in [0.2, 0.25) is 15.3 Å². The van der Waals surface area contributed by atoms with E-state index in [1.807, 2.05) is 18.2 Å². The fraction of sp³-hybridized carbons (Fsp3) is 0. The van der Waals surface area contributed by atoms with E-state index in [0.29, 0.717) is 21.8 Å². The van der Waals surface area contributed by atoms with E-state index in [0.717, 1.165) is 5.56 Å². The van der Waals surface area contributed by atoms with E-state index in [2.05, 4.69) is 15.1 Å². The van der Waals surface area contributed by atoms with Crippen molar-refractivity contribution in [2.24, 2.45) is 0 Å². The van der Waals surface area contributed by atoms with Gasteiger partial charge in [-0.1, -0.05) is 46.9 Å². The molecule has 0 aliphatic heterocycles. The van der Waals surface area contributed by atoms with Crippen molar-refractivity contribution in [1.82, 2.24) is 19.6 Å². The van der Waals surface area contributed by atoms with E-state index in [9.17, 15) is 0 Å². The van der Waals surface area contributed by atoms with Gasteiger partial charge in [-0.15, -0.1) is 5.10 Å². The lowest BCUT2D eigenvalue weighted by Crippen LogP contribution is -1.92. The number of benzene rings is 1. The monoisotopic (exact) mass is 298 g/mol. The predicted octanol–water partition coefficient (Wildman–Crippen LogP) is 3.75. The summed E-state index contributed by atoms with van der Waals surface area (Å²) >= 11 is 17.9. The maximum atomic E-state index is 6.09. The Labute approximate surface area is 117 Å². The first kappa shape index (κ1) is 11.7. The van der Waals surface area contributed by atoms with Gasteiger partial charge in [0.25, 0.3) is 5.78 Å². The zero-order chi connectivity index (χ0) is 12.7. The Bertz CT molecular complexity index is 738. The highest BCUT2D eigenvalue weighted by molar-refractivity contribution is 6.33. The topological polar surface area (TPSA) is 43.1 Å². The van der Waals surface area contributed by atoms with Crippen LogP contribution >= 0.6 is 34.8 Å². The number of hydrogen-bond donors (Lipinski definition) is 0. The Morgan fingerprint density at radius 3 is 2.56 bits per heavy atom. The fourth-order valence-electron chi connectivity index (χ4n) is 1.56. The van der Waals surface area contributed by atoms with Gasteiger partial charge in [-0.25, -0.2) is 0 Å². The fourth-order valence-corrected chi connectivity index (χ4v) is 2.24. The highest BCUT2D eigenvalue weighted by Crippen LogP contribution is 2.26. The van der Waals surface area contributed by atoms with Crippen LogP contribution in [0.25, 0.3) is 17.2 Å². The molecule has 0 bridgehead atoms. The molecule has 0 radical (unpaired) electrons. The Morgan fingerprint density at radius 2 is 1.78 bits per heavy atom. The molecule has 1 aromatic carbocycles. The number of aromatic nitrogens is 4. The summed E-state index contributed by atoms with van der Waals surface area (Å²) in [6.07, 6.45) is 0. The molecule has 4 nitrogen and oxygen atoms in total. The second-order valence-corrected chi connectivity index (χ2v) is 4.71. The quantitative estimate of drug-likeness (QED) is 0.643. The molecule has 90 valence electrons. The molecule has 18 heavy (non-hydrogen) atoms.